The van der Waals surface area contributed by atoms with Gasteiger partial charge in [0.15, 0.2) is 0 Å². The van der Waals surface area contributed by atoms with E-state index in [9.17, 15) is 10.1 Å². The van der Waals surface area contributed by atoms with Crippen molar-refractivity contribution in [2.45, 2.75) is 26.9 Å². The number of hydrogen-bond donors (Lipinski definition) is 1. The summed E-state index contributed by atoms with van der Waals surface area (Å²) >= 11 is 0. The minimum absolute atomic E-state index is 0.225. The van der Waals surface area contributed by atoms with Crippen molar-refractivity contribution in [2.75, 3.05) is 19.0 Å². The fraction of sp³-hybridized carbons (Fsp3) is 0.391. The van der Waals surface area contributed by atoms with Gasteiger partial charge in [0.25, 0.3) is 0 Å². The molecule has 28 heavy (non-hydrogen) atoms. The third-order valence-corrected chi connectivity index (χ3v) is 6.03. The zero-order chi connectivity index (χ0) is 20.4. The molecule has 3 unspecified atom stereocenters. The average molecular weight is 378 g/mol. The van der Waals surface area contributed by atoms with Crippen molar-refractivity contribution < 1.29 is 14.3 Å². The van der Waals surface area contributed by atoms with Gasteiger partial charge in [-0.1, -0.05) is 51.1 Å². The number of nitriles is 1. The van der Waals surface area contributed by atoms with E-state index in [1.54, 1.807) is 13.2 Å². The smallest absolute Gasteiger partial charge is 0.311 e. The minimum Gasteiger partial charge on any atom is -0.442 e. The van der Waals surface area contributed by atoms with Gasteiger partial charge in [-0.05, 0) is 29.7 Å². The second-order valence-electron chi connectivity index (χ2n) is 8.07. The highest BCUT2D eigenvalue weighted by Gasteiger charge is 2.72. The first-order valence-corrected chi connectivity index (χ1v) is 9.34. The fourth-order valence-electron chi connectivity index (χ4n) is 4.01. The molecule has 1 saturated carbocycles. The highest BCUT2D eigenvalue weighted by Crippen LogP contribution is 2.69. The van der Waals surface area contributed by atoms with Crippen LogP contribution in [0.5, 0.6) is 0 Å². The molecule has 1 fully saturated rings. The van der Waals surface area contributed by atoms with Crippen LogP contribution in [0.3, 0.4) is 0 Å². The molecular formula is C23H26N2O3. The molecule has 0 bridgehead atoms. The Hall–Kier alpha value is -2.84. The summed E-state index contributed by atoms with van der Waals surface area (Å²) in [7, 11) is 1.63. The standard InChI is InChI=1S/C23H26N2O3/c1-22(2)20(23(22,3)15-27-4)21(26)28-19(14-24)16-9-8-12-18(13-16)25-17-10-6-5-7-11-17/h5-13,19-20,25H,15H2,1-4H3. The largest absolute Gasteiger partial charge is 0.442 e. The Labute approximate surface area is 166 Å². The maximum atomic E-state index is 12.8. The van der Waals surface area contributed by atoms with Crippen LogP contribution in [-0.4, -0.2) is 19.7 Å². The number of nitrogens with one attached hydrogen (secondary N) is 1. The number of carbonyl (C=O) groups excluding carboxylic acids is 1. The predicted molar refractivity (Wildman–Crippen MR) is 108 cm³/mol. The van der Waals surface area contributed by atoms with E-state index in [0.717, 1.165) is 11.4 Å². The molecule has 0 radical (unpaired) electrons. The van der Waals surface area contributed by atoms with Gasteiger partial charge in [0.2, 0.25) is 6.10 Å². The predicted octanol–water partition coefficient (Wildman–Crippen LogP) is 4.85. The van der Waals surface area contributed by atoms with E-state index in [2.05, 4.69) is 11.4 Å². The second kappa shape index (κ2) is 7.65. The molecule has 3 rings (SSSR count). The Morgan fingerprint density at radius 1 is 1.14 bits per heavy atom. The highest BCUT2D eigenvalue weighted by molar-refractivity contribution is 5.79. The van der Waals surface area contributed by atoms with Crippen LogP contribution in [0.25, 0.3) is 0 Å². The van der Waals surface area contributed by atoms with Gasteiger partial charge < -0.3 is 14.8 Å². The number of para-hydroxylation sites is 1. The number of anilines is 2. The van der Waals surface area contributed by atoms with Crippen molar-refractivity contribution in [1.82, 2.24) is 0 Å². The molecule has 0 spiro atoms. The fourth-order valence-corrected chi connectivity index (χ4v) is 4.01. The maximum Gasteiger partial charge on any atom is 0.311 e. The summed E-state index contributed by atoms with van der Waals surface area (Å²) in [5.74, 6) is -0.640. The van der Waals surface area contributed by atoms with E-state index in [0.29, 0.717) is 12.2 Å². The number of esters is 1. The van der Waals surface area contributed by atoms with Gasteiger partial charge in [0.1, 0.15) is 6.07 Å². The maximum absolute atomic E-state index is 12.8. The van der Waals surface area contributed by atoms with Crippen LogP contribution in [0, 0.1) is 28.1 Å². The highest BCUT2D eigenvalue weighted by atomic mass is 16.5. The molecule has 0 aliphatic heterocycles. The van der Waals surface area contributed by atoms with Gasteiger partial charge in [-0.2, -0.15) is 5.26 Å². The normalized spacial score (nSPS) is 23.3. The van der Waals surface area contributed by atoms with Crippen LogP contribution in [0.4, 0.5) is 11.4 Å². The van der Waals surface area contributed by atoms with Crippen molar-refractivity contribution in [3.63, 3.8) is 0 Å². The molecule has 0 aromatic heterocycles. The third-order valence-electron chi connectivity index (χ3n) is 6.03. The van der Waals surface area contributed by atoms with Gasteiger partial charge in [-0.15, -0.1) is 0 Å². The Bertz CT molecular complexity index is 888. The molecule has 1 N–H and O–H groups in total. The Kier molecular flexibility index (Phi) is 5.44. The molecule has 1 aliphatic rings. The molecule has 0 amide bonds. The first kappa shape index (κ1) is 19.9. The van der Waals surface area contributed by atoms with Crippen LogP contribution >= 0.6 is 0 Å². The van der Waals surface area contributed by atoms with Gasteiger partial charge in [0, 0.05) is 29.5 Å². The number of hydrogen-bond acceptors (Lipinski definition) is 5. The molecule has 5 heteroatoms. The lowest BCUT2D eigenvalue weighted by Gasteiger charge is -2.15. The minimum atomic E-state index is -0.951. The van der Waals surface area contributed by atoms with Gasteiger partial charge in [-0.3, -0.25) is 4.79 Å². The number of ether oxygens (including phenoxy) is 2. The van der Waals surface area contributed by atoms with Crippen molar-refractivity contribution in [3.05, 3.63) is 60.2 Å². The number of benzene rings is 2. The molecule has 2 aromatic carbocycles. The average Bonchev–Trinajstić information content (AvgIpc) is 3.12. The second-order valence-corrected chi connectivity index (χ2v) is 8.07. The zero-order valence-electron chi connectivity index (χ0n) is 16.7. The molecule has 0 heterocycles. The summed E-state index contributed by atoms with van der Waals surface area (Å²) in [6, 6.07) is 19.2. The molecule has 2 aromatic rings. The van der Waals surface area contributed by atoms with Gasteiger partial charge >= 0.3 is 5.97 Å². The lowest BCUT2D eigenvalue weighted by molar-refractivity contribution is -0.150. The SMILES string of the molecule is COCC1(C)C(C(=O)OC(C#N)c2cccc(Nc3ccccc3)c2)C1(C)C. The first-order chi connectivity index (χ1) is 13.3. The zero-order valence-corrected chi connectivity index (χ0v) is 16.7. The van der Waals surface area contributed by atoms with E-state index in [1.807, 2.05) is 69.3 Å². The summed E-state index contributed by atoms with van der Waals surface area (Å²) < 4.78 is 10.9. The molecule has 0 saturated heterocycles. The van der Waals surface area contributed by atoms with Crippen LogP contribution < -0.4 is 5.32 Å². The van der Waals surface area contributed by atoms with Gasteiger partial charge in [-0.25, -0.2) is 0 Å². The lowest BCUT2D eigenvalue weighted by Crippen LogP contribution is -2.17. The van der Waals surface area contributed by atoms with Crippen molar-refractivity contribution >= 4 is 17.3 Å². The molecule has 5 nitrogen and oxygen atoms in total. The van der Waals surface area contributed by atoms with Gasteiger partial charge in [0.05, 0.1) is 12.5 Å². The summed E-state index contributed by atoms with van der Waals surface area (Å²) in [4.78, 5) is 12.8. The Balaban J connectivity index is 1.73. The van der Waals surface area contributed by atoms with Crippen molar-refractivity contribution in [3.8, 4) is 6.07 Å². The quantitative estimate of drug-likeness (QED) is 0.698. The number of carbonyl (C=O) groups is 1. The number of rotatable bonds is 7. The summed E-state index contributed by atoms with van der Waals surface area (Å²) in [5.41, 5.74) is 1.91. The van der Waals surface area contributed by atoms with Crippen LogP contribution in [-0.2, 0) is 14.3 Å². The summed E-state index contributed by atoms with van der Waals surface area (Å²) in [5, 5.41) is 12.9. The molecular weight excluding hydrogens is 352 g/mol. The number of methoxy groups -OCH3 is 1. The topological polar surface area (TPSA) is 71.3 Å². The van der Waals surface area contributed by atoms with Crippen LogP contribution in [0.1, 0.15) is 32.4 Å². The monoisotopic (exact) mass is 378 g/mol. The Morgan fingerprint density at radius 2 is 1.82 bits per heavy atom. The van der Waals surface area contributed by atoms with E-state index in [-0.39, 0.29) is 22.7 Å². The third kappa shape index (κ3) is 3.61. The summed E-state index contributed by atoms with van der Waals surface area (Å²) in [6.45, 7) is 6.56. The Morgan fingerprint density at radius 3 is 2.46 bits per heavy atom. The molecule has 146 valence electrons. The summed E-state index contributed by atoms with van der Waals surface area (Å²) in [6.07, 6.45) is -0.951. The molecule has 3 atom stereocenters. The van der Waals surface area contributed by atoms with E-state index in [1.165, 1.54) is 0 Å². The van der Waals surface area contributed by atoms with E-state index in [4.69, 9.17) is 9.47 Å². The first-order valence-electron chi connectivity index (χ1n) is 9.34. The number of nitrogens with zero attached hydrogens (tertiary/aromatic N) is 1. The van der Waals surface area contributed by atoms with E-state index < -0.39 is 6.10 Å². The van der Waals surface area contributed by atoms with Crippen molar-refractivity contribution in [1.29, 1.82) is 5.26 Å². The van der Waals surface area contributed by atoms with Crippen LogP contribution in [0.15, 0.2) is 54.6 Å². The molecule has 1 aliphatic carbocycles. The van der Waals surface area contributed by atoms with E-state index >= 15 is 0 Å². The lowest BCUT2D eigenvalue weighted by atomic mass is 9.99. The van der Waals surface area contributed by atoms with Crippen LogP contribution in [0.2, 0.25) is 0 Å². The van der Waals surface area contributed by atoms with Crippen molar-refractivity contribution in [2.24, 2.45) is 16.7 Å².